The Balaban J connectivity index is 0. The van der Waals surface area contributed by atoms with Gasteiger partial charge in [0.2, 0.25) is 0 Å². The van der Waals surface area contributed by atoms with Crippen molar-refractivity contribution in [1.29, 1.82) is 0 Å². The molecule has 0 aromatic rings. The zero-order valence-electron chi connectivity index (χ0n) is 11.9. The molecule has 0 atom stereocenters. The molecule has 0 aromatic heterocycles. The minimum atomic E-state index is -2.49. The minimum Gasteiger partial charge on any atom is -0.395 e. The summed E-state index contributed by atoms with van der Waals surface area (Å²) in [7, 11) is -4.59. The summed E-state index contributed by atoms with van der Waals surface area (Å²) in [6.45, 7) is 15.7. The first-order valence-corrected chi connectivity index (χ1v) is 10.8. The van der Waals surface area contributed by atoms with Crippen LogP contribution in [0.25, 0.3) is 0 Å². The maximum absolute atomic E-state index is 8.00. The Labute approximate surface area is 107 Å². The van der Waals surface area contributed by atoms with Crippen LogP contribution in [0.2, 0.25) is 19.6 Å². The molecule has 0 spiro atoms. The summed E-state index contributed by atoms with van der Waals surface area (Å²) in [4.78, 5) is 8.00. The lowest BCUT2D eigenvalue weighted by molar-refractivity contribution is -0.0980. The second-order valence-corrected chi connectivity index (χ2v) is 9.87. The summed E-state index contributed by atoms with van der Waals surface area (Å²) in [5.41, 5.74) is 0. The number of hydrogen-bond donors (Lipinski definition) is 0. The third-order valence-electron chi connectivity index (χ3n) is 1.74. The summed E-state index contributed by atoms with van der Waals surface area (Å²) < 4.78 is 22.8. The average Bonchev–Trinajstić information content (AvgIpc) is 2.19. The zero-order chi connectivity index (χ0) is 13.9. The molecule has 0 aromatic carbocycles. The van der Waals surface area contributed by atoms with Crippen molar-refractivity contribution in [3.8, 4) is 0 Å². The van der Waals surface area contributed by atoms with Gasteiger partial charge in [-0.05, 0) is 33.9 Å². The molecule has 0 unspecified atom stereocenters. The molecule has 0 N–H and O–H groups in total. The van der Waals surface area contributed by atoms with E-state index in [1.807, 2.05) is 47.2 Å². The van der Waals surface area contributed by atoms with Crippen LogP contribution in [-0.2, 0) is 22.2 Å². The quantitative estimate of drug-likeness (QED) is 0.639. The number of carbonyl (C=O) groups is 1. The normalized spacial score (nSPS) is 11.9. The van der Waals surface area contributed by atoms with E-state index in [0.717, 1.165) is 0 Å². The van der Waals surface area contributed by atoms with E-state index in [2.05, 4.69) is 0 Å². The van der Waals surface area contributed by atoms with Crippen molar-refractivity contribution >= 4 is 24.2 Å². The van der Waals surface area contributed by atoms with E-state index in [-0.39, 0.29) is 0 Å². The van der Waals surface area contributed by atoms with Crippen molar-refractivity contribution in [2.24, 2.45) is 0 Å². The summed E-state index contributed by atoms with van der Waals surface area (Å²) >= 11 is 0. The van der Waals surface area contributed by atoms with Crippen LogP contribution >= 0.6 is 0 Å². The second-order valence-electron chi connectivity index (χ2n) is 3.66. The van der Waals surface area contributed by atoms with Crippen LogP contribution in [0.5, 0.6) is 0 Å². The highest BCUT2D eigenvalue weighted by molar-refractivity contribution is 6.76. The van der Waals surface area contributed by atoms with E-state index in [1.165, 1.54) is 0 Å². The monoisotopic (exact) mass is 282 g/mol. The van der Waals surface area contributed by atoms with Crippen molar-refractivity contribution in [3.63, 3.8) is 0 Å². The summed E-state index contributed by atoms with van der Waals surface area (Å²) in [5, 5.41) is 0. The molecule has 0 saturated heterocycles. The molecule has 0 fully saturated rings. The van der Waals surface area contributed by atoms with Gasteiger partial charge in [0.15, 0.2) is 0 Å². The largest absolute Gasteiger partial charge is 0.488 e. The predicted octanol–water partition coefficient (Wildman–Crippen LogP) is 2.20. The van der Waals surface area contributed by atoms with Gasteiger partial charge < -0.3 is 22.2 Å². The molecule has 0 bridgehead atoms. The Kier molecular flexibility index (Phi) is 11.3. The minimum absolute atomic E-state index is 0.610. The van der Waals surface area contributed by atoms with Gasteiger partial charge in [-0.25, -0.2) is 0 Å². The number of carbonyl (C=O) groups excluding carboxylic acids is 1. The van der Waals surface area contributed by atoms with E-state index in [9.17, 15) is 0 Å². The van der Waals surface area contributed by atoms with Crippen LogP contribution in [0.1, 0.15) is 20.8 Å². The van der Waals surface area contributed by atoms with Crippen LogP contribution in [-0.4, -0.2) is 44.0 Å². The Morgan fingerprint density at radius 1 is 0.824 bits per heavy atom. The molecule has 0 saturated carbocycles. The van der Waals surface area contributed by atoms with Crippen molar-refractivity contribution in [2.45, 2.75) is 40.4 Å². The molecule has 104 valence electrons. The number of hydrogen-bond acceptors (Lipinski definition) is 5. The SMILES string of the molecule is C=O.CCO[Si](C)(C)O[Si](C)(OCC)OCC. The van der Waals surface area contributed by atoms with Crippen molar-refractivity contribution in [2.75, 3.05) is 19.8 Å². The molecular weight excluding hydrogens is 256 g/mol. The van der Waals surface area contributed by atoms with Crippen LogP contribution in [0.15, 0.2) is 0 Å². The van der Waals surface area contributed by atoms with E-state index in [4.69, 9.17) is 22.2 Å². The first-order valence-electron chi connectivity index (χ1n) is 5.80. The van der Waals surface area contributed by atoms with Gasteiger partial charge in [-0.2, -0.15) is 0 Å². The molecular formula is C10H26O5Si2. The van der Waals surface area contributed by atoms with Crippen molar-refractivity contribution < 1.29 is 22.2 Å². The molecule has 0 rings (SSSR count). The fourth-order valence-electron chi connectivity index (χ4n) is 1.45. The van der Waals surface area contributed by atoms with Gasteiger partial charge in [0.05, 0.1) is 0 Å². The van der Waals surface area contributed by atoms with Gasteiger partial charge in [-0.1, -0.05) is 0 Å². The van der Waals surface area contributed by atoms with Gasteiger partial charge in [0.1, 0.15) is 6.79 Å². The molecule has 5 nitrogen and oxygen atoms in total. The highest BCUT2D eigenvalue weighted by Gasteiger charge is 2.42. The van der Waals surface area contributed by atoms with Crippen LogP contribution in [0.3, 0.4) is 0 Å². The highest BCUT2D eigenvalue weighted by atomic mass is 28.5. The standard InChI is InChI=1S/C9H24O4Si2.CH2O/c1-7-10-14(4,5)13-15(6,11-8-2)12-9-3;1-2/h7-9H2,1-6H3;1H2. The Morgan fingerprint density at radius 2 is 1.18 bits per heavy atom. The fraction of sp³-hybridized carbons (Fsp3) is 0.900. The third-order valence-corrected chi connectivity index (χ3v) is 7.80. The first-order chi connectivity index (χ1) is 7.89. The maximum Gasteiger partial charge on any atom is 0.488 e. The Morgan fingerprint density at radius 3 is 1.47 bits per heavy atom. The van der Waals surface area contributed by atoms with E-state index < -0.39 is 17.4 Å². The zero-order valence-corrected chi connectivity index (χ0v) is 13.9. The van der Waals surface area contributed by atoms with Gasteiger partial charge >= 0.3 is 17.4 Å². The first kappa shape index (κ1) is 19.3. The van der Waals surface area contributed by atoms with Gasteiger partial charge in [-0.15, -0.1) is 0 Å². The highest BCUT2D eigenvalue weighted by Crippen LogP contribution is 2.17. The molecule has 17 heavy (non-hydrogen) atoms. The summed E-state index contributed by atoms with van der Waals surface area (Å²) in [6.07, 6.45) is 0. The topological polar surface area (TPSA) is 54.0 Å². The predicted molar refractivity (Wildman–Crippen MR) is 72.2 cm³/mol. The van der Waals surface area contributed by atoms with Crippen LogP contribution in [0, 0.1) is 0 Å². The third kappa shape index (κ3) is 9.63. The lowest BCUT2D eigenvalue weighted by Gasteiger charge is -2.33. The number of rotatable bonds is 8. The maximum atomic E-state index is 8.00. The second kappa shape index (κ2) is 9.92. The van der Waals surface area contributed by atoms with Crippen molar-refractivity contribution in [3.05, 3.63) is 0 Å². The lowest BCUT2D eigenvalue weighted by atomic mass is 10.9. The molecule has 0 radical (unpaired) electrons. The molecule has 0 aliphatic rings. The molecule has 7 heteroatoms. The van der Waals surface area contributed by atoms with Gasteiger partial charge in [0, 0.05) is 26.4 Å². The Hall–Kier alpha value is -0.0562. The molecule has 0 aliphatic heterocycles. The van der Waals surface area contributed by atoms with Gasteiger partial charge in [0.25, 0.3) is 0 Å². The van der Waals surface area contributed by atoms with E-state index in [0.29, 0.717) is 19.8 Å². The smallest absolute Gasteiger partial charge is 0.395 e. The molecule has 0 amide bonds. The van der Waals surface area contributed by atoms with Crippen LogP contribution in [0.4, 0.5) is 0 Å². The fourth-order valence-corrected chi connectivity index (χ4v) is 7.55. The molecule has 0 heterocycles. The van der Waals surface area contributed by atoms with Crippen molar-refractivity contribution in [1.82, 2.24) is 0 Å². The van der Waals surface area contributed by atoms with E-state index in [1.54, 1.807) is 0 Å². The van der Waals surface area contributed by atoms with E-state index >= 15 is 0 Å². The lowest BCUT2D eigenvalue weighted by Crippen LogP contribution is -2.52. The molecule has 0 aliphatic carbocycles. The Bertz CT molecular complexity index is 184. The average molecular weight is 282 g/mol. The summed E-state index contributed by atoms with van der Waals surface area (Å²) in [5.74, 6) is 0. The summed E-state index contributed by atoms with van der Waals surface area (Å²) in [6, 6.07) is 0. The van der Waals surface area contributed by atoms with Crippen LogP contribution < -0.4 is 0 Å². The van der Waals surface area contributed by atoms with Gasteiger partial charge in [-0.3, -0.25) is 0 Å².